The van der Waals surface area contributed by atoms with E-state index in [1.807, 2.05) is 0 Å². The molecule has 24 heavy (non-hydrogen) atoms. The second kappa shape index (κ2) is 7.67. The van der Waals surface area contributed by atoms with E-state index in [1.54, 1.807) is 32.1 Å². The standard InChI is InChI=1S/C16H17NO5S2/c1-3-10(15(20)21)17-14(19)13(24-16(17)23)8-9-5-6-11(18)12(7-9)22-4-2/h5-8,10,18H,3-4H2,1-2H3,(H,20,21)/p-1/b13-8+/t10-/m1/s1. The molecule has 0 unspecified atom stereocenters. The molecule has 0 aromatic heterocycles. The number of carbonyl (C=O) groups is 2. The number of carbonyl (C=O) groups excluding carboxylic acids is 2. The quantitative estimate of drug-likeness (QED) is 0.603. The minimum Gasteiger partial charge on any atom is -0.548 e. The molecule has 0 saturated carbocycles. The Hall–Kier alpha value is -2.06. The maximum atomic E-state index is 12.5. The van der Waals surface area contributed by atoms with E-state index in [-0.39, 0.29) is 16.5 Å². The summed E-state index contributed by atoms with van der Waals surface area (Å²) in [5, 5.41) is 20.9. The number of aliphatic carboxylic acids is 1. The van der Waals surface area contributed by atoms with Crippen LogP contribution in [0.2, 0.25) is 0 Å². The molecule has 0 aliphatic carbocycles. The first-order chi connectivity index (χ1) is 11.4. The number of ether oxygens (including phenoxy) is 1. The van der Waals surface area contributed by atoms with Crippen molar-refractivity contribution in [1.82, 2.24) is 4.90 Å². The molecule has 8 heteroatoms. The molecule has 1 fully saturated rings. The lowest BCUT2D eigenvalue weighted by molar-refractivity contribution is -0.310. The molecule has 1 amide bonds. The Balaban J connectivity index is 2.32. The summed E-state index contributed by atoms with van der Waals surface area (Å²) >= 11 is 6.17. The van der Waals surface area contributed by atoms with Gasteiger partial charge in [0, 0.05) is 0 Å². The van der Waals surface area contributed by atoms with Crippen molar-refractivity contribution in [2.75, 3.05) is 6.61 Å². The van der Waals surface area contributed by atoms with Crippen LogP contribution in [0.25, 0.3) is 6.08 Å². The van der Waals surface area contributed by atoms with Gasteiger partial charge in [0.15, 0.2) is 11.5 Å². The number of phenols is 1. The highest BCUT2D eigenvalue weighted by Gasteiger charge is 2.37. The van der Waals surface area contributed by atoms with Crippen LogP contribution >= 0.6 is 24.0 Å². The summed E-state index contributed by atoms with van der Waals surface area (Å²) in [6.45, 7) is 3.84. The number of nitrogens with zero attached hydrogens (tertiary/aromatic N) is 1. The zero-order valence-corrected chi connectivity index (χ0v) is 14.8. The molecule has 2 rings (SSSR count). The lowest BCUT2D eigenvalue weighted by Crippen LogP contribution is -2.49. The summed E-state index contributed by atoms with van der Waals surface area (Å²) in [6.07, 6.45) is 1.79. The minimum absolute atomic E-state index is 0.00421. The van der Waals surface area contributed by atoms with Gasteiger partial charge in [-0.2, -0.15) is 0 Å². The van der Waals surface area contributed by atoms with Gasteiger partial charge < -0.3 is 19.7 Å². The summed E-state index contributed by atoms with van der Waals surface area (Å²) in [5.41, 5.74) is 0.637. The van der Waals surface area contributed by atoms with Crippen LogP contribution in [-0.2, 0) is 9.59 Å². The maximum Gasteiger partial charge on any atom is 0.266 e. The first-order valence-corrected chi connectivity index (χ1v) is 8.55. The number of amides is 1. The second-order valence-corrected chi connectivity index (χ2v) is 6.63. The molecule has 1 heterocycles. The summed E-state index contributed by atoms with van der Waals surface area (Å²) in [6, 6.07) is 3.61. The zero-order valence-electron chi connectivity index (χ0n) is 13.1. The third-order valence-electron chi connectivity index (χ3n) is 3.38. The van der Waals surface area contributed by atoms with Crippen LogP contribution in [-0.4, -0.2) is 38.9 Å². The van der Waals surface area contributed by atoms with E-state index in [2.05, 4.69) is 0 Å². The van der Waals surface area contributed by atoms with Gasteiger partial charge >= 0.3 is 0 Å². The number of aromatic hydroxyl groups is 1. The molecule has 128 valence electrons. The van der Waals surface area contributed by atoms with E-state index in [1.165, 1.54) is 6.07 Å². The van der Waals surface area contributed by atoms with Crippen molar-refractivity contribution in [3.05, 3.63) is 28.7 Å². The second-order valence-electron chi connectivity index (χ2n) is 4.95. The lowest BCUT2D eigenvalue weighted by Gasteiger charge is -2.26. The Morgan fingerprint density at radius 2 is 2.21 bits per heavy atom. The molecule has 1 N–H and O–H groups in total. The smallest absolute Gasteiger partial charge is 0.266 e. The highest BCUT2D eigenvalue weighted by Crippen LogP contribution is 2.35. The van der Waals surface area contributed by atoms with E-state index < -0.39 is 17.9 Å². The van der Waals surface area contributed by atoms with Gasteiger partial charge in [0.25, 0.3) is 5.91 Å². The number of rotatable bonds is 6. The first kappa shape index (κ1) is 18.3. The van der Waals surface area contributed by atoms with Crippen LogP contribution in [0.5, 0.6) is 11.5 Å². The maximum absolute atomic E-state index is 12.5. The number of carboxylic acids is 1. The molecule has 1 aliphatic rings. The normalized spacial score (nSPS) is 17.4. The molecule has 0 spiro atoms. The number of hydrogen-bond donors (Lipinski definition) is 1. The van der Waals surface area contributed by atoms with Crippen LogP contribution in [0.1, 0.15) is 25.8 Å². The van der Waals surface area contributed by atoms with Gasteiger partial charge in [-0.05, 0) is 37.1 Å². The Morgan fingerprint density at radius 1 is 1.50 bits per heavy atom. The molecule has 6 nitrogen and oxygen atoms in total. The van der Waals surface area contributed by atoms with Crippen LogP contribution in [0.4, 0.5) is 0 Å². The number of carboxylic acid groups (broad SMARTS) is 1. The molecule has 0 radical (unpaired) electrons. The topological polar surface area (TPSA) is 89.9 Å². The SMILES string of the molecule is CCOc1cc(/C=C2/SC(=S)N([C@H](CC)C(=O)[O-])C2=O)ccc1O. The van der Waals surface area contributed by atoms with Crippen molar-refractivity contribution in [2.24, 2.45) is 0 Å². The lowest BCUT2D eigenvalue weighted by atomic mass is 10.1. The van der Waals surface area contributed by atoms with E-state index in [4.69, 9.17) is 17.0 Å². The summed E-state index contributed by atoms with van der Waals surface area (Å²) in [5.74, 6) is -1.49. The van der Waals surface area contributed by atoms with Crippen LogP contribution in [0.3, 0.4) is 0 Å². The summed E-state index contributed by atoms with van der Waals surface area (Å²) < 4.78 is 5.49. The van der Waals surface area contributed by atoms with E-state index in [0.717, 1.165) is 16.7 Å². The fourth-order valence-electron chi connectivity index (χ4n) is 2.25. The van der Waals surface area contributed by atoms with E-state index in [0.29, 0.717) is 22.8 Å². The van der Waals surface area contributed by atoms with Gasteiger partial charge in [0.2, 0.25) is 0 Å². The average Bonchev–Trinajstić information content (AvgIpc) is 2.79. The number of thiocarbonyl (C=S) groups is 1. The van der Waals surface area contributed by atoms with Crippen molar-refractivity contribution in [3.8, 4) is 11.5 Å². The van der Waals surface area contributed by atoms with Crippen LogP contribution in [0.15, 0.2) is 23.1 Å². The Labute approximate surface area is 149 Å². The van der Waals surface area contributed by atoms with Gasteiger partial charge in [-0.1, -0.05) is 37.0 Å². The molecule has 1 aromatic rings. The molecule has 1 aromatic carbocycles. The zero-order chi connectivity index (χ0) is 17.9. The van der Waals surface area contributed by atoms with Crippen molar-refractivity contribution >= 4 is 46.3 Å². The average molecular weight is 366 g/mol. The summed E-state index contributed by atoms with van der Waals surface area (Å²) in [7, 11) is 0. The molecule has 0 bridgehead atoms. The summed E-state index contributed by atoms with van der Waals surface area (Å²) in [4.78, 5) is 25.1. The Morgan fingerprint density at radius 3 is 2.79 bits per heavy atom. The number of hydrogen-bond acceptors (Lipinski definition) is 7. The van der Waals surface area contributed by atoms with Gasteiger partial charge in [-0.25, -0.2) is 0 Å². The Bertz CT molecular complexity index is 716. The van der Waals surface area contributed by atoms with Crippen LogP contribution < -0.4 is 9.84 Å². The van der Waals surface area contributed by atoms with Gasteiger partial charge in [-0.3, -0.25) is 9.69 Å². The molecular formula is C16H16NO5S2-. The van der Waals surface area contributed by atoms with E-state index >= 15 is 0 Å². The largest absolute Gasteiger partial charge is 0.548 e. The molecule has 1 aliphatic heterocycles. The number of phenolic OH excluding ortho intramolecular Hbond substituents is 1. The molecular weight excluding hydrogens is 350 g/mol. The van der Waals surface area contributed by atoms with Gasteiger partial charge in [0.05, 0.1) is 23.5 Å². The van der Waals surface area contributed by atoms with Crippen molar-refractivity contribution in [3.63, 3.8) is 0 Å². The van der Waals surface area contributed by atoms with Crippen molar-refractivity contribution < 1.29 is 24.5 Å². The third-order valence-corrected chi connectivity index (χ3v) is 4.71. The monoisotopic (exact) mass is 366 g/mol. The van der Waals surface area contributed by atoms with Crippen molar-refractivity contribution in [1.29, 1.82) is 0 Å². The third kappa shape index (κ3) is 3.70. The minimum atomic E-state index is -1.33. The fourth-order valence-corrected chi connectivity index (χ4v) is 3.60. The van der Waals surface area contributed by atoms with Crippen LogP contribution in [0, 0.1) is 0 Å². The molecule has 1 saturated heterocycles. The van der Waals surface area contributed by atoms with E-state index in [9.17, 15) is 19.8 Å². The predicted molar refractivity (Wildman–Crippen MR) is 93.4 cm³/mol. The highest BCUT2D eigenvalue weighted by atomic mass is 32.2. The number of benzene rings is 1. The van der Waals surface area contributed by atoms with Crippen molar-refractivity contribution in [2.45, 2.75) is 26.3 Å². The van der Waals surface area contributed by atoms with Gasteiger partial charge in [-0.15, -0.1) is 0 Å². The van der Waals surface area contributed by atoms with Gasteiger partial charge in [0.1, 0.15) is 4.32 Å². The Kier molecular flexibility index (Phi) is 5.84. The fraction of sp³-hybridized carbons (Fsp3) is 0.312. The highest BCUT2D eigenvalue weighted by molar-refractivity contribution is 8.26. The first-order valence-electron chi connectivity index (χ1n) is 7.32. The predicted octanol–water partition coefficient (Wildman–Crippen LogP) is 1.52. The molecule has 1 atom stereocenters. The number of thioether (sulfide) groups is 1.